The minimum absolute atomic E-state index is 0.230. The minimum Gasteiger partial charge on any atom is -0.321 e. The Morgan fingerprint density at radius 1 is 1.00 bits per heavy atom. The van der Waals surface area contributed by atoms with Gasteiger partial charge in [0.05, 0.1) is 4.90 Å². The molecule has 0 saturated heterocycles. The lowest BCUT2D eigenvalue weighted by Crippen LogP contribution is -2.35. The molecule has 0 spiro atoms. The van der Waals surface area contributed by atoms with E-state index in [4.69, 9.17) is 5.73 Å². The molecule has 0 fully saturated rings. The highest BCUT2D eigenvalue weighted by molar-refractivity contribution is 7.92. The van der Waals surface area contributed by atoms with Crippen molar-refractivity contribution in [3.05, 3.63) is 85.0 Å². The van der Waals surface area contributed by atoms with Gasteiger partial charge in [0.15, 0.2) is 0 Å². The van der Waals surface area contributed by atoms with Crippen LogP contribution in [0.25, 0.3) is 0 Å². The van der Waals surface area contributed by atoms with Crippen molar-refractivity contribution in [3.63, 3.8) is 0 Å². The van der Waals surface area contributed by atoms with E-state index in [0.717, 1.165) is 11.1 Å². The van der Waals surface area contributed by atoms with Gasteiger partial charge in [0.2, 0.25) is 0 Å². The first-order valence-corrected chi connectivity index (χ1v) is 9.50. The van der Waals surface area contributed by atoms with Crippen LogP contribution in [-0.2, 0) is 15.6 Å². The second kappa shape index (κ2) is 7.68. The average molecular weight is 356 g/mol. The van der Waals surface area contributed by atoms with Crippen LogP contribution in [0.1, 0.15) is 24.0 Å². The molecule has 0 aromatic heterocycles. The van der Waals surface area contributed by atoms with Gasteiger partial charge in [-0.2, -0.15) is 0 Å². The van der Waals surface area contributed by atoms with Crippen LogP contribution in [0.3, 0.4) is 0 Å². The number of hydrogen-bond donors (Lipinski definition) is 2. The van der Waals surface area contributed by atoms with E-state index < -0.39 is 15.6 Å². The predicted molar refractivity (Wildman–Crippen MR) is 104 cm³/mol. The molecule has 0 aliphatic carbocycles. The lowest BCUT2D eigenvalue weighted by atomic mass is 9.84. The SMILES string of the molecule is C=CCC(N)(CC=C)c1ccc(NS(=O)(=O)c2ccc(C)cc2)cc1. The van der Waals surface area contributed by atoms with Crippen LogP contribution in [0.5, 0.6) is 0 Å². The van der Waals surface area contributed by atoms with E-state index >= 15 is 0 Å². The van der Waals surface area contributed by atoms with Crippen LogP contribution in [0.15, 0.2) is 78.7 Å². The molecule has 4 nitrogen and oxygen atoms in total. The van der Waals surface area contributed by atoms with E-state index in [-0.39, 0.29) is 4.90 Å². The Morgan fingerprint density at radius 2 is 1.52 bits per heavy atom. The highest BCUT2D eigenvalue weighted by Crippen LogP contribution is 2.28. The maximum atomic E-state index is 12.4. The molecule has 0 amide bonds. The Morgan fingerprint density at radius 3 is 2.00 bits per heavy atom. The largest absolute Gasteiger partial charge is 0.321 e. The quantitative estimate of drug-likeness (QED) is 0.699. The molecule has 3 N–H and O–H groups in total. The van der Waals surface area contributed by atoms with E-state index in [0.29, 0.717) is 18.5 Å². The molecule has 0 bridgehead atoms. The zero-order valence-corrected chi connectivity index (χ0v) is 15.2. The van der Waals surface area contributed by atoms with Gasteiger partial charge in [0, 0.05) is 11.2 Å². The highest BCUT2D eigenvalue weighted by atomic mass is 32.2. The van der Waals surface area contributed by atoms with Crippen molar-refractivity contribution in [2.75, 3.05) is 4.72 Å². The summed E-state index contributed by atoms with van der Waals surface area (Å²) >= 11 is 0. The maximum absolute atomic E-state index is 12.4. The molecule has 0 radical (unpaired) electrons. The molecule has 0 atom stereocenters. The van der Waals surface area contributed by atoms with Crippen molar-refractivity contribution in [3.8, 4) is 0 Å². The third kappa shape index (κ3) is 4.59. The second-order valence-electron chi connectivity index (χ2n) is 6.14. The molecule has 5 heteroatoms. The number of nitrogens with two attached hydrogens (primary N) is 1. The lowest BCUT2D eigenvalue weighted by molar-refractivity contribution is 0.456. The molecule has 0 unspecified atom stereocenters. The van der Waals surface area contributed by atoms with Gasteiger partial charge in [-0.25, -0.2) is 8.42 Å². The van der Waals surface area contributed by atoms with Gasteiger partial charge in [0.25, 0.3) is 10.0 Å². The molecule has 132 valence electrons. The fourth-order valence-corrected chi connectivity index (χ4v) is 3.69. The van der Waals surface area contributed by atoms with Crippen molar-refractivity contribution < 1.29 is 8.42 Å². The molecule has 2 aromatic rings. The summed E-state index contributed by atoms with van der Waals surface area (Å²) in [5, 5.41) is 0. The molecule has 2 aromatic carbocycles. The first-order valence-electron chi connectivity index (χ1n) is 8.01. The Bertz CT molecular complexity index is 828. The standard InChI is InChI=1S/C20H24N2O2S/c1-4-14-20(21,15-5-2)17-8-10-18(11-9-17)22-25(23,24)19-12-6-16(3)7-13-19/h4-13,22H,1-2,14-15,21H2,3H3. The number of nitrogens with one attached hydrogen (secondary N) is 1. The van der Waals surface area contributed by atoms with Crippen LogP contribution < -0.4 is 10.5 Å². The topological polar surface area (TPSA) is 72.2 Å². The molecular weight excluding hydrogens is 332 g/mol. The fourth-order valence-electron chi connectivity index (χ4n) is 2.64. The number of aryl methyl sites for hydroxylation is 1. The number of sulfonamides is 1. The Kier molecular flexibility index (Phi) is 5.82. The molecule has 0 aliphatic rings. The smallest absolute Gasteiger partial charge is 0.261 e. The van der Waals surface area contributed by atoms with Crippen molar-refractivity contribution in [1.82, 2.24) is 0 Å². The third-order valence-corrected chi connectivity index (χ3v) is 5.46. The van der Waals surface area contributed by atoms with Crippen molar-refractivity contribution in [2.45, 2.75) is 30.2 Å². The summed E-state index contributed by atoms with van der Waals surface area (Å²) in [7, 11) is -3.61. The van der Waals surface area contributed by atoms with Gasteiger partial charge in [-0.15, -0.1) is 13.2 Å². The van der Waals surface area contributed by atoms with Crippen LogP contribution in [0.2, 0.25) is 0 Å². The molecule has 0 heterocycles. The van der Waals surface area contributed by atoms with Gasteiger partial charge in [-0.1, -0.05) is 42.0 Å². The molecule has 25 heavy (non-hydrogen) atoms. The Balaban J connectivity index is 2.23. The van der Waals surface area contributed by atoms with Crippen molar-refractivity contribution in [1.29, 1.82) is 0 Å². The summed E-state index contributed by atoms with van der Waals surface area (Å²) in [5.41, 5.74) is 8.26. The summed E-state index contributed by atoms with van der Waals surface area (Å²) in [6.07, 6.45) is 4.76. The van der Waals surface area contributed by atoms with E-state index in [1.807, 2.05) is 19.1 Å². The number of hydrogen-bond acceptors (Lipinski definition) is 3. The maximum Gasteiger partial charge on any atom is 0.261 e. The molecule has 0 aliphatic heterocycles. The molecule has 2 rings (SSSR count). The van der Waals surface area contributed by atoms with E-state index in [1.165, 1.54) is 0 Å². The van der Waals surface area contributed by atoms with Gasteiger partial charge in [0.1, 0.15) is 0 Å². The van der Waals surface area contributed by atoms with Gasteiger partial charge in [-0.3, -0.25) is 4.72 Å². The molecular formula is C20H24N2O2S. The van der Waals surface area contributed by atoms with Crippen molar-refractivity contribution in [2.24, 2.45) is 5.73 Å². The highest BCUT2D eigenvalue weighted by Gasteiger charge is 2.24. The lowest BCUT2D eigenvalue weighted by Gasteiger charge is -2.28. The average Bonchev–Trinajstić information content (AvgIpc) is 2.56. The summed E-state index contributed by atoms with van der Waals surface area (Å²) in [5.74, 6) is 0. The van der Waals surface area contributed by atoms with E-state index in [9.17, 15) is 8.42 Å². The second-order valence-corrected chi connectivity index (χ2v) is 7.82. The van der Waals surface area contributed by atoms with E-state index in [1.54, 1.807) is 48.6 Å². The number of benzene rings is 2. The first-order chi connectivity index (χ1) is 11.8. The van der Waals surface area contributed by atoms with Crippen LogP contribution in [-0.4, -0.2) is 8.42 Å². The van der Waals surface area contributed by atoms with Crippen molar-refractivity contribution >= 4 is 15.7 Å². The summed E-state index contributed by atoms with van der Waals surface area (Å²) in [6.45, 7) is 9.42. The number of anilines is 1. The monoisotopic (exact) mass is 356 g/mol. The van der Waals surface area contributed by atoms with Crippen LogP contribution in [0.4, 0.5) is 5.69 Å². The van der Waals surface area contributed by atoms with Crippen LogP contribution in [0, 0.1) is 6.92 Å². The van der Waals surface area contributed by atoms with Gasteiger partial charge in [-0.05, 0) is 49.6 Å². The van der Waals surface area contributed by atoms with Gasteiger partial charge < -0.3 is 5.73 Å². The fraction of sp³-hybridized carbons (Fsp3) is 0.200. The normalized spacial score (nSPS) is 11.8. The summed E-state index contributed by atoms with van der Waals surface area (Å²) in [6, 6.07) is 13.8. The third-order valence-electron chi connectivity index (χ3n) is 4.06. The van der Waals surface area contributed by atoms with Gasteiger partial charge >= 0.3 is 0 Å². The Hall–Kier alpha value is -2.37. The Labute approximate surface area is 150 Å². The minimum atomic E-state index is -3.61. The summed E-state index contributed by atoms with van der Waals surface area (Å²) in [4.78, 5) is 0.230. The summed E-state index contributed by atoms with van der Waals surface area (Å²) < 4.78 is 27.5. The molecule has 0 saturated carbocycles. The zero-order chi connectivity index (χ0) is 18.5. The number of rotatable bonds is 8. The van der Waals surface area contributed by atoms with E-state index in [2.05, 4.69) is 17.9 Å². The zero-order valence-electron chi connectivity index (χ0n) is 14.4. The first kappa shape index (κ1) is 19.0. The predicted octanol–water partition coefficient (Wildman–Crippen LogP) is 4.10. The van der Waals surface area contributed by atoms with Crippen LogP contribution >= 0.6 is 0 Å².